The van der Waals surface area contributed by atoms with Crippen molar-refractivity contribution in [2.24, 2.45) is 0 Å². The van der Waals surface area contributed by atoms with Gasteiger partial charge in [0.1, 0.15) is 0 Å². The molecule has 1 atom stereocenters. The van der Waals surface area contributed by atoms with E-state index in [1.807, 2.05) is 12.1 Å². The van der Waals surface area contributed by atoms with Gasteiger partial charge in [-0.25, -0.2) is 0 Å². The highest BCUT2D eigenvalue weighted by Crippen LogP contribution is 2.27. The monoisotopic (exact) mass is 370 g/mol. The Morgan fingerprint density at radius 3 is 2.67 bits per heavy atom. The number of aromatic hydroxyl groups is 1. The molecule has 0 spiro atoms. The predicted octanol–water partition coefficient (Wildman–Crippen LogP) is 2.78. The molecule has 1 fully saturated rings. The molecule has 2 aromatic carbocycles. The summed E-state index contributed by atoms with van der Waals surface area (Å²) in [5.41, 5.74) is 3.80. The van der Waals surface area contributed by atoms with E-state index in [1.165, 1.54) is 11.1 Å². The topological polar surface area (TPSA) is 56.2 Å². The van der Waals surface area contributed by atoms with E-state index in [-0.39, 0.29) is 12.4 Å². The normalized spacial score (nSPS) is 18.6. The predicted molar refractivity (Wildman–Crippen MR) is 107 cm³/mol. The Morgan fingerprint density at radius 2 is 1.93 bits per heavy atom. The van der Waals surface area contributed by atoms with Crippen molar-refractivity contribution in [3.63, 3.8) is 0 Å². The molecule has 0 saturated carbocycles. The van der Waals surface area contributed by atoms with Crippen molar-refractivity contribution in [3.8, 4) is 11.5 Å². The highest BCUT2D eigenvalue weighted by Gasteiger charge is 2.27. The van der Waals surface area contributed by atoms with Crippen LogP contribution in [0, 0.1) is 6.92 Å². The number of nitrogens with zero attached hydrogens (tertiary/aromatic N) is 2. The molecule has 1 saturated heterocycles. The quantitative estimate of drug-likeness (QED) is 0.785. The van der Waals surface area contributed by atoms with Crippen molar-refractivity contribution >= 4 is 0 Å². The van der Waals surface area contributed by atoms with Gasteiger partial charge in [0.05, 0.1) is 7.11 Å². The first-order valence-electron chi connectivity index (χ1n) is 9.58. The van der Waals surface area contributed by atoms with Crippen molar-refractivity contribution in [2.45, 2.75) is 32.5 Å². The maximum atomic E-state index is 9.78. The molecule has 0 amide bonds. The first-order chi connectivity index (χ1) is 13.1. The van der Waals surface area contributed by atoms with Crippen molar-refractivity contribution in [2.75, 3.05) is 33.4 Å². The second-order valence-corrected chi connectivity index (χ2v) is 7.30. The lowest BCUT2D eigenvalue weighted by Gasteiger charge is -2.41. The van der Waals surface area contributed by atoms with Gasteiger partial charge < -0.3 is 14.9 Å². The molecule has 5 nitrogen and oxygen atoms in total. The minimum atomic E-state index is 0.169. The number of phenolic OH excluding ortho intramolecular Hbond substituents is 1. The minimum Gasteiger partial charge on any atom is -0.504 e. The van der Waals surface area contributed by atoms with Crippen molar-refractivity contribution in [1.82, 2.24) is 9.80 Å². The Morgan fingerprint density at radius 1 is 1.11 bits per heavy atom. The fourth-order valence-corrected chi connectivity index (χ4v) is 3.82. The zero-order valence-corrected chi connectivity index (χ0v) is 16.3. The zero-order valence-electron chi connectivity index (χ0n) is 16.3. The number of phenols is 1. The molecule has 2 N–H and O–H groups in total. The number of rotatable bonds is 7. The summed E-state index contributed by atoms with van der Waals surface area (Å²) in [6, 6.07) is 14.4. The summed E-state index contributed by atoms with van der Waals surface area (Å²) >= 11 is 0. The highest BCUT2D eigenvalue weighted by molar-refractivity contribution is 5.41. The smallest absolute Gasteiger partial charge is 0.160 e. The van der Waals surface area contributed by atoms with Crippen LogP contribution in [-0.4, -0.2) is 59.4 Å². The van der Waals surface area contributed by atoms with Gasteiger partial charge in [-0.1, -0.05) is 30.3 Å². The van der Waals surface area contributed by atoms with Crippen molar-refractivity contribution < 1.29 is 14.9 Å². The van der Waals surface area contributed by atoms with Crippen LogP contribution in [0.15, 0.2) is 42.5 Å². The SMILES string of the molecule is COc1cc(CN2CCN(Cc3ccccc3C)[C@H](CCO)C2)ccc1O. The van der Waals surface area contributed by atoms with Crippen LogP contribution < -0.4 is 4.74 Å². The first kappa shape index (κ1) is 19.7. The highest BCUT2D eigenvalue weighted by atomic mass is 16.5. The third kappa shape index (κ3) is 5.01. The first-order valence-corrected chi connectivity index (χ1v) is 9.58. The summed E-state index contributed by atoms with van der Waals surface area (Å²) in [4.78, 5) is 4.91. The van der Waals surface area contributed by atoms with E-state index in [9.17, 15) is 10.2 Å². The van der Waals surface area contributed by atoms with Crippen LogP contribution in [-0.2, 0) is 13.1 Å². The number of aryl methyl sites for hydroxylation is 1. The number of aliphatic hydroxyl groups is 1. The van der Waals surface area contributed by atoms with Crippen LogP contribution in [0.2, 0.25) is 0 Å². The number of methoxy groups -OCH3 is 1. The summed E-state index contributed by atoms with van der Waals surface area (Å²) in [7, 11) is 1.57. The van der Waals surface area contributed by atoms with Crippen LogP contribution in [0.4, 0.5) is 0 Å². The van der Waals surface area contributed by atoms with Crippen molar-refractivity contribution in [1.29, 1.82) is 0 Å². The molecule has 0 unspecified atom stereocenters. The molecule has 1 aliphatic heterocycles. The number of aliphatic hydroxyl groups excluding tert-OH is 1. The molecule has 27 heavy (non-hydrogen) atoms. The largest absolute Gasteiger partial charge is 0.504 e. The third-order valence-corrected chi connectivity index (χ3v) is 5.44. The summed E-state index contributed by atoms with van der Waals surface area (Å²) in [5, 5.41) is 19.3. The van der Waals surface area contributed by atoms with Crippen molar-refractivity contribution in [3.05, 3.63) is 59.2 Å². The Labute approximate surface area is 161 Å². The molecular weight excluding hydrogens is 340 g/mol. The Bertz CT molecular complexity index is 750. The third-order valence-electron chi connectivity index (χ3n) is 5.44. The number of ether oxygens (including phenoxy) is 1. The molecular formula is C22H30N2O3. The van der Waals surface area contributed by atoms with E-state index in [0.29, 0.717) is 11.8 Å². The number of benzene rings is 2. The average molecular weight is 370 g/mol. The number of piperazine rings is 1. The standard InChI is InChI=1S/C22H30N2O3/c1-17-5-3-4-6-19(17)15-24-11-10-23(16-20(24)9-12-25)14-18-7-8-21(26)22(13-18)27-2/h3-8,13,20,25-26H,9-12,14-16H2,1-2H3/t20-/m1/s1. The molecule has 1 aliphatic rings. The van der Waals surface area contributed by atoms with Gasteiger partial charge in [-0.05, 0) is 42.2 Å². The van der Waals surface area contributed by atoms with E-state index < -0.39 is 0 Å². The van der Waals surface area contributed by atoms with E-state index in [2.05, 4.69) is 41.0 Å². The van der Waals surface area contributed by atoms with Crippen LogP contribution >= 0.6 is 0 Å². The molecule has 5 heteroatoms. The van der Waals surface area contributed by atoms with Gasteiger partial charge >= 0.3 is 0 Å². The van der Waals surface area contributed by atoms with E-state index in [4.69, 9.17) is 4.74 Å². The van der Waals surface area contributed by atoms with Gasteiger partial charge in [-0.15, -0.1) is 0 Å². The van der Waals surface area contributed by atoms with E-state index >= 15 is 0 Å². The molecule has 2 aromatic rings. The minimum absolute atomic E-state index is 0.169. The zero-order chi connectivity index (χ0) is 19.2. The second-order valence-electron chi connectivity index (χ2n) is 7.30. The summed E-state index contributed by atoms with van der Waals surface area (Å²) in [5.74, 6) is 0.681. The number of hydrogen-bond donors (Lipinski definition) is 2. The van der Waals surface area contributed by atoms with Gasteiger partial charge in [-0.2, -0.15) is 0 Å². The molecule has 3 rings (SSSR count). The molecule has 0 aromatic heterocycles. The molecule has 0 radical (unpaired) electrons. The Kier molecular flexibility index (Phi) is 6.72. The van der Waals surface area contributed by atoms with Crippen LogP contribution in [0.5, 0.6) is 11.5 Å². The van der Waals surface area contributed by atoms with E-state index in [0.717, 1.165) is 44.7 Å². The fraction of sp³-hybridized carbons (Fsp3) is 0.455. The Hall–Kier alpha value is -2.08. The number of hydrogen-bond acceptors (Lipinski definition) is 5. The van der Waals surface area contributed by atoms with Crippen LogP contribution in [0.25, 0.3) is 0 Å². The Balaban J connectivity index is 1.66. The second kappa shape index (κ2) is 9.22. The summed E-state index contributed by atoms with van der Waals surface area (Å²) in [6.07, 6.45) is 0.779. The van der Waals surface area contributed by atoms with Gasteiger partial charge in [0.15, 0.2) is 11.5 Å². The lowest BCUT2D eigenvalue weighted by atomic mass is 10.0. The maximum Gasteiger partial charge on any atom is 0.160 e. The van der Waals surface area contributed by atoms with Gasteiger partial charge in [0.25, 0.3) is 0 Å². The average Bonchev–Trinajstić information content (AvgIpc) is 2.67. The molecule has 0 bridgehead atoms. The summed E-state index contributed by atoms with van der Waals surface area (Å²) in [6.45, 7) is 7.00. The molecule has 1 heterocycles. The van der Waals surface area contributed by atoms with Gasteiger partial charge in [-0.3, -0.25) is 9.80 Å². The van der Waals surface area contributed by atoms with Crippen LogP contribution in [0.1, 0.15) is 23.1 Å². The molecule has 146 valence electrons. The fourth-order valence-electron chi connectivity index (χ4n) is 3.82. The maximum absolute atomic E-state index is 9.78. The van der Waals surface area contributed by atoms with E-state index in [1.54, 1.807) is 13.2 Å². The molecule has 0 aliphatic carbocycles. The van der Waals surface area contributed by atoms with Crippen LogP contribution in [0.3, 0.4) is 0 Å². The van der Waals surface area contributed by atoms with Gasteiger partial charge in [0.2, 0.25) is 0 Å². The lowest BCUT2D eigenvalue weighted by molar-refractivity contribution is 0.0498. The lowest BCUT2D eigenvalue weighted by Crippen LogP contribution is -2.52. The summed E-state index contributed by atoms with van der Waals surface area (Å²) < 4.78 is 5.22. The van der Waals surface area contributed by atoms with Gasteiger partial charge in [0, 0.05) is 45.4 Å².